The van der Waals surface area contributed by atoms with Gasteiger partial charge in [0.25, 0.3) is 0 Å². The summed E-state index contributed by atoms with van der Waals surface area (Å²) in [7, 11) is 0. The highest BCUT2D eigenvalue weighted by Crippen LogP contribution is 2.31. The van der Waals surface area contributed by atoms with E-state index in [-0.39, 0.29) is 6.10 Å². The van der Waals surface area contributed by atoms with E-state index in [0.717, 1.165) is 24.9 Å². The topological polar surface area (TPSA) is 35.5 Å². The fraction of sp³-hybridized carbons (Fsp3) is 1.00. The van der Waals surface area contributed by atoms with Gasteiger partial charge in [0.1, 0.15) is 0 Å². The second-order valence-electron chi connectivity index (χ2n) is 6.25. The number of hydrogen-bond acceptors (Lipinski definition) is 3. The van der Waals surface area contributed by atoms with Gasteiger partial charge in [-0.1, -0.05) is 12.8 Å². The van der Waals surface area contributed by atoms with Crippen molar-refractivity contribution < 1.29 is 5.11 Å². The number of nitrogens with one attached hydrogen (secondary N) is 1. The van der Waals surface area contributed by atoms with Gasteiger partial charge in [0, 0.05) is 18.6 Å². The van der Waals surface area contributed by atoms with Crippen LogP contribution in [0.1, 0.15) is 44.9 Å². The van der Waals surface area contributed by atoms with Gasteiger partial charge in [-0.15, -0.1) is 0 Å². The third kappa shape index (κ3) is 3.01. The molecule has 1 aliphatic heterocycles. The molecule has 0 aromatic heterocycles. The van der Waals surface area contributed by atoms with Crippen molar-refractivity contribution in [2.45, 2.75) is 63.1 Å². The molecule has 0 amide bonds. The molecule has 1 saturated heterocycles. The van der Waals surface area contributed by atoms with E-state index in [9.17, 15) is 5.11 Å². The summed E-state index contributed by atoms with van der Waals surface area (Å²) in [6.45, 7) is 3.72. The molecule has 2 aliphatic carbocycles. The molecular weight excluding hydrogens is 212 g/mol. The minimum absolute atomic E-state index is 0.0929. The molecule has 0 bridgehead atoms. The lowest BCUT2D eigenvalue weighted by Crippen LogP contribution is -2.44. The van der Waals surface area contributed by atoms with Crippen LogP contribution in [0.5, 0.6) is 0 Å². The summed E-state index contributed by atoms with van der Waals surface area (Å²) in [5.74, 6) is 0.824. The van der Waals surface area contributed by atoms with Gasteiger partial charge < -0.3 is 15.3 Å². The summed E-state index contributed by atoms with van der Waals surface area (Å²) in [5, 5.41) is 13.5. The lowest BCUT2D eigenvalue weighted by molar-refractivity contribution is 0.0889. The van der Waals surface area contributed by atoms with Crippen molar-refractivity contribution in [3.63, 3.8) is 0 Å². The fourth-order valence-corrected chi connectivity index (χ4v) is 3.47. The van der Waals surface area contributed by atoms with Crippen molar-refractivity contribution in [2.75, 3.05) is 19.6 Å². The van der Waals surface area contributed by atoms with Crippen LogP contribution in [0.25, 0.3) is 0 Å². The minimum atomic E-state index is -0.0929. The molecule has 2 N–H and O–H groups in total. The minimum Gasteiger partial charge on any atom is -0.392 e. The van der Waals surface area contributed by atoms with Gasteiger partial charge in [0.2, 0.25) is 0 Å². The van der Waals surface area contributed by atoms with Crippen molar-refractivity contribution in [3.8, 4) is 0 Å². The zero-order valence-electron chi connectivity index (χ0n) is 10.8. The summed E-state index contributed by atoms with van der Waals surface area (Å²) in [5.41, 5.74) is 0. The van der Waals surface area contributed by atoms with E-state index in [1.807, 2.05) is 0 Å². The van der Waals surface area contributed by atoms with Crippen LogP contribution >= 0.6 is 0 Å². The molecule has 0 aromatic carbocycles. The second-order valence-corrected chi connectivity index (χ2v) is 6.25. The first-order valence-corrected chi connectivity index (χ1v) is 7.48. The number of aliphatic hydroxyl groups excluding tert-OH is 1. The number of hydrogen-bond donors (Lipinski definition) is 2. The highest BCUT2D eigenvalue weighted by Gasteiger charge is 2.34. The van der Waals surface area contributed by atoms with Crippen LogP contribution < -0.4 is 5.32 Å². The first-order chi connectivity index (χ1) is 8.33. The molecule has 0 radical (unpaired) electrons. The van der Waals surface area contributed by atoms with Gasteiger partial charge in [-0.3, -0.25) is 0 Å². The van der Waals surface area contributed by atoms with Gasteiger partial charge in [0.15, 0.2) is 0 Å². The Morgan fingerprint density at radius 2 is 1.88 bits per heavy atom. The molecule has 3 fully saturated rings. The molecule has 2 saturated carbocycles. The van der Waals surface area contributed by atoms with Crippen LogP contribution in [0.15, 0.2) is 0 Å². The first-order valence-electron chi connectivity index (χ1n) is 7.48. The van der Waals surface area contributed by atoms with E-state index >= 15 is 0 Å². The number of likely N-dealkylation sites (tertiary alicyclic amines) is 1. The standard InChI is InChI=1S/C14H26N2O/c17-14-4-2-1-3-13(14)15-9-11-7-8-16(10-11)12-5-6-12/h11-15,17H,1-10H2. The molecule has 17 heavy (non-hydrogen) atoms. The predicted octanol–water partition coefficient (Wildman–Crippen LogP) is 1.36. The average molecular weight is 238 g/mol. The maximum absolute atomic E-state index is 9.92. The fourth-order valence-electron chi connectivity index (χ4n) is 3.47. The van der Waals surface area contributed by atoms with Crippen molar-refractivity contribution in [3.05, 3.63) is 0 Å². The zero-order valence-corrected chi connectivity index (χ0v) is 10.8. The lowest BCUT2D eigenvalue weighted by atomic mass is 9.92. The molecule has 3 aliphatic rings. The number of rotatable bonds is 4. The smallest absolute Gasteiger partial charge is 0.0693 e. The molecule has 3 rings (SSSR count). The van der Waals surface area contributed by atoms with E-state index in [0.29, 0.717) is 6.04 Å². The molecule has 98 valence electrons. The summed E-state index contributed by atoms with van der Waals surface area (Å²) >= 11 is 0. The van der Waals surface area contributed by atoms with Crippen LogP contribution in [-0.4, -0.2) is 47.8 Å². The number of aliphatic hydroxyl groups is 1. The Balaban J connectivity index is 1.39. The van der Waals surface area contributed by atoms with Gasteiger partial charge in [0.05, 0.1) is 6.10 Å². The Bertz CT molecular complexity index is 255. The van der Waals surface area contributed by atoms with E-state index in [1.54, 1.807) is 0 Å². The van der Waals surface area contributed by atoms with Crippen molar-refractivity contribution >= 4 is 0 Å². The second kappa shape index (κ2) is 5.25. The molecule has 0 aromatic rings. The summed E-state index contributed by atoms with van der Waals surface area (Å²) in [6, 6.07) is 1.30. The predicted molar refractivity (Wildman–Crippen MR) is 69.0 cm³/mol. The molecule has 1 heterocycles. The highest BCUT2D eigenvalue weighted by atomic mass is 16.3. The molecule has 3 heteroatoms. The monoisotopic (exact) mass is 238 g/mol. The summed E-state index contributed by atoms with van der Waals surface area (Å²) in [6.07, 6.45) is 8.78. The zero-order chi connectivity index (χ0) is 11.7. The van der Waals surface area contributed by atoms with E-state index < -0.39 is 0 Å². The quantitative estimate of drug-likeness (QED) is 0.776. The van der Waals surface area contributed by atoms with E-state index in [4.69, 9.17) is 0 Å². The Kier molecular flexibility index (Phi) is 3.69. The van der Waals surface area contributed by atoms with Crippen LogP contribution in [0, 0.1) is 5.92 Å². The maximum atomic E-state index is 9.92. The largest absolute Gasteiger partial charge is 0.392 e. The van der Waals surface area contributed by atoms with E-state index in [2.05, 4.69) is 10.2 Å². The summed E-state index contributed by atoms with van der Waals surface area (Å²) < 4.78 is 0. The van der Waals surface area contributed by atoms with Gasteiger partial charge in [-0.05, 0) is 51.1 Å². The van der Waals surface area contributed by atoms with E-state index in [1.165, 1.54) is 51.6 Å². The number of nitrogens with zero attached hydrogens (tertiary/aromatic N) is 1. The highest BCUT2D eigenvalue weighted by molar-refractivity contribution is 4.90. The van der Waals surface area contributed by atoms with Crippen LogP contribution in [0.2, 0.25) is 0 Å². The average Bonchev–Trinajstić information content (AvgIpc) is 3.08. The van der Waals surface area contributed by atoms with Crippen molar-refractivity contribution in [2.24, 2.45) is 5.92 Å². The van der Waals surface area contributed by atoms with Crippen LogP contribution in [0.4, 0.5) is 0 Å². The lowest BCUT2D eigenvalue weighted by Gasteiger charge is -2.29. The van der Waals surface area contributed by atoms with Crippen LogP contribution in [0.3, 0.4) is 0 Å². The normalized spacial score (nSPS) is 39.7. The Hall–Kier alpha value is -0.120. The third-order valence-corrected chi connectivity index (χ3v) is 4.78. The SMILES string of the molecule is OC1CCCCC1NCC1CCN(C2CC2)C1. The molecule has 3 atom stereocenters. The first kappa shape index (κ1) is 11.9. The molecule has 3 unspecified atom stereocenters. The van der Waals surface area contributed by atoms with Crippen LogP contribution in [-0.2, 0) is 0 Å². The third-order valence-electron chi connectivity index (χ3n) is 4.78. The Labute approximate surface area is 105 Å². The molecule has 0 spiro atoms. The van der Waals surface area contributed by atoms with Crippen molar-refractivity contribution in [1.82, 2.24) is 10.2 Å². The molecule has 3 nitrogen and oxygen atoms in total. The van der Waals surface area contributed by atoms with Crippen molar-refractivity contribution in [1.29, 1.82) is 0 Å². The summed E-state index contributed by atoms with van der Waals surface area (Å²) in [4.78, 5) is 2.67. The van der Waals surface area contributed by atoms with Gasteiger partial charge in [-0.2, -0.15) is 0 Å². The van der Waals surface area contributed by atoms with Gasteiger partial charge in [-0.25, -0.2) is 0 Å². The Morgan fingerprint density at radius 3 is 2.65 bits per heavy atom. The van der Waals surface area contributed by atoms with Gasteiger partial charge >= 0.3 is 0 Å². The molecular formula is C14H26N2O. The Morgan fingerprint density at radius 1 is 1.06 bits per heavy atom. The maximum Gasteiger partial charge on any atom is 0.0693 e.